The molecular formula is C17H21N3O. The van der Waals surface area contributed by atoms with Gasteiger partial charge in [-0.3, -0.25) is 4.98 Å². The van der Waals surface area contributed by atoms with E-state index < -0.39 is 6.10 Å². The van der Waals surface area contributed by atoms with Crippen LogP contribution in [0, 0.1) is 17.2 Å². The van der Waals surface area contributed by atoms with Crippen LogP contribution in [-0.4, -0.2) is 22.7 Å². The number of nitriles is 1. The van der Waals surface area contributed by atoms with Crippen LogP contribution >= 0.6 is 0 Å². The molecule has 2 aromatic rings. The normalized spacial score (nSPS) is 12.3. The summed E-state index contributed by atoms with van der Waals surface area (Å²) < 4.78 is 0. The number of hydrogen-bond donors (Lipinski definition) is 2. The Kier molecular flexibility index (Phi) is 5.13. The molecule has 2 rings (SSSR count). The van der Waals surface area contributed by atoms with E-state index in [2.05, 4.69) is 30.2 Å². The van der Waals surface area contributed by atoms with Crippen molar-refractivity contribution in [3.63, 3.8) is 0 Å². The first-order valence-corrected chi connectivity index (χ1v) is 7.41. The molecule has 21 heavy (non-hydrogen) atoms. The molecule has 110 valence electrons. The maximum atomic E-state index is 10.2. The molecule has 0 saturated heterocycles. The van der Waals surface area contributed by atoms with Gasteiger partial charge in [0.1, 0.15) is 6.07 Å². The van der Waals surface area contributed by atoms with Gasteiger partial charge in [-0.2, -0.15) is 5.26 Å². The molecule has 0 radical (unpaired) electrons. The number of fused-ring (bicyclic) bond motifs is 1. The monoisotopic (exact) mass is 283 g/mol. The highest BCUT2D eigenvalue weighted by Crippen LogP contribution is 2.25. The van der Waals surface area contributed by atoms with E-state index in [-0.39, 0.29) is 5.92 Å². The lowest BCUT2D eigenvalue weighted by Crippen LogP contribution is -2.28. The lowest BCUT2D eigenvalue weighted by molar-refractivity contribution is 0.114. The van der Waals surface area contributed by atoms with Crippen molar-refractivity contribution in [2.24, 2.45) is 5.92 Å². The van der Waals surface area contributed by atoms with Gasteiger partial charge in [0.15, 0.2) is 0 Å². The number of para-hydroxylation sites is 1. The van der Waals surface area contributed by atoms with Gasteiger partial charge in [-0.15, -0.1) is 0 Å². The molecule has 1 heterocycles. The molecule has 0 bridgehead atoms. The van der Waals surface area contributed by atoms with E-state index >= 15 is 0 Å². The standard InChI is InChI=1S/C17H21N3O/c1-3-12(4-2)16(21)11-20-17-13(9-18)10-19-15-8-6-5-7-14(15)17/h5-8,10,12,16,21H,3-4,11H2,1-2H3,(H,19,20). The number of benzene rings is 1. The Balaban J connectivity index is 2.27. The minimum atomic E-state index is -0.418. The van der Waals surface area contributed by atoms with E-state index in [9.17, 15) is 10.4 Å². The Morgan fingerprint density at radius 1 is 1.29 bits per heavy atom. The van der Waals surface area contributed by atoms with E-state index in [4.69, 9.17) is 0 Å². The summed E-state index contributed by atoms with van der Waals surface area (Å²) in [4.78, 5) is 4.28. The van der Waals surface area contributed by atoms with Crippen molar-refractivity contribution in [3.05, 3.63) is 36.0 Å². The lowest BCUT2D eigenvalue weighted by Gasteiger charge is -2.21. The third-order valence-corrected chi connectivity index (χ3v) is 3.98. The van der Waals surface area contributed by atoms with Crippen molar-refractivity contribution in [1.82, 2.24) is 4.98 Å². The fourth-order valence-electron chi connectivity index (χ4n) is 2.62. The smallest absolute Gasteiger partial charge is 0.103 e. The maximum absolute atomic E-state index is 10.2. The molecule has 0 amide bonds. The molecular weight excluding hydrogens is 262 g/mol. The van der Waals surface area contributed by atoms with Gasteiger partial charge in [0.25, 0.3) is 0 Å². The van der Waals surface area contributed by atoms with E-state index in [1.807, 2.05) is 24.3 Å². The van der Waals surface area contributed by atoms with Crippen molar-refractivity contribution < 1.29 is 5.11 Å². The maximum Gasteiger partial charge on any atom is 0.103 e. The Hall–Kier alpha value is -2.12. The Morgan fingerprint density at radius 3 is 2.67 bits per heavy atom. The van der Waals surface area contributed by atoms with Gasteiger partial charge in [0.2, 0.25) is 0 Å². The van der Waals surface area contributed by atoms with E-state index in [1.165, 1.54) is 0 Å². The summed E-state index contributed by atoms with van der Waals surface area (Å²) in [6.07, 6.45) is 3.05. The van der Waals surface area contributed by atoms with Gasteiger partial charge in [0.05, 0.1) is 22.9 Å². The summed E-state index contributed by atoms with van der Waals surface area (Å²) in [5.41, 5.74) is 2.11. The highest BCUT2D eigenvalue weighted by atomic mass is 16.3. The zero-order chi connectivity index (χ0) is 15.2. The molecule has 0 fully saturated rings. The predicted octanol–water partition coefficient (Wildman–Crippen LogP) is 3.32. The number of pyridine rings is 1. The molecule has 2 N–H and O–H groups in total. The first-order chi connectivity index (χ1) is 10.2. The van der Waals surface area contributed by atoms with Crippen LogP contribution in [0.15, 0.2) is 30.5 Å². The summed E-state index contributed by atoms with van der Waals surface area (Å²) in [5.74, 6) is 0.274. The number of nitrogens with zero attached hydrogens (tertiary/aromatic N) is 2. The molecule has 0 aliphatic rings. The molecule has 1 aromatic carbocycles. The molecule has 1 atom stereocenters. The largest absolute Gasteiger partial charge is 0.391 e. The van der Waals surface area contributed by atoms with Crippen molar-refractivity contribution in [2.45, 2.75) is 32.8 Å². The topological polar surface area (TPSA) is 68.9 Å². The van der Waals surface area contributed by atoms with Crippen LogP contribution in [0.1, 0.15) is 32.3 Å². The second-order valence-corrected chi connectivity index (χ2v) is 5.20. The third kappa shape index (κ3) is 3.32. The highest BCUT2D eigenvalue weighted by Gasteiger charge is 2.16. The van der Waals surface area contributed by atoms with E-state index in [0.717, 1.165) is 29.4 Å². The molecule has 0 spiro atoms. The first kappa shape index (κ1) is 15.3. The molecule has 4 heteroatoms. The predicted molar refractivity (Wildman–Crippen MR) is 85.0 cm³/mol. The second-order valence-electron chi connectivity index (χ2n) is 5.20. The number of anilines is 1. The van der Waals surface area contributed by atoms with E-state index in [1.54, 1.807) is 6.20 Å². The van der Waals surface area contributed by atoms with Gasteiger partial charge in [-0.25, -0.2) is 0 Å². The third-order valence-electron chi connectivity index (χ3n) is 3.98. The van der Waals surface area contributed by atoms with Crippen molar-refractivity contribution in [3.8, 4) is 6.07 Å². The summed E-state index contributed by atoms with van der Waals surface area (Å²) in [6, 6.07) is 9.86. The SMILES string of the molecule is CCC(CC)C(O)CNc1c(C#N)cnc2ccccc12. The van der Waals surface area contributed by atoms with Crippen LogP contribution in [0.25, 0.3) is 10.9 Å². The second kappa shape index (κ2) is 7.05. The van der Waals surface area contributed by atoms with Crippen molar-refractivity contribution in [1.29, 1.82) is 5.26 Å². The highest BCUT2D eigenvalue weighted by molar-refractivity contribution is 5.93. The molecule has 0 saturated carbocycles. The Morgan fingerprint density at radius 2 is 2.00 bits per heavy atom. The number of nitrogens with one attached hydrogen (secondary N) is 1. The summed E-state index contributed by atoms with van der Waals surface area (Å²) >= 11 is 0. The van der Waals surface area contributed by atoms with Gasteiger partial charge in [-0.05, 0) is 12.0 Å². The Labute approximate surface area is 125 Å². The minimum Gasteiger partial charge on any atom is -0.391 e. The minimum absolute atomic E-state index is 0.274. The number of hydrogen-bond acceptors (Lipinski definition) is 4. The fraction of sp³-hybridized carbons (Fsp3) is 0.412. The van der Waals surface area contributed by atoms with E-state index in [0.29, 0.717) is 12.1 Å². The average Bonchev–Trinajstić information content (AvgIpc) is 2.53. The molecule has 4 nitrogen and oxygen atoms in total. The van der Waals surface area contributed by atoms with Crippen LogP contribution in [0.5, 0.6) is 0 Å². The summed E-state index contributed by atoms with van der Waals surface area (Å²) in [6.45, 7) is 4.61. The summed E-state index contributed by atoms with van der Waals surface area (Å²) in [7, 11) is 0. The van der Waals surface area contributed by atoms with Gasteiger partial charge < -0.3 is 10.4 Å². The molecule has 0 aliphatic heterocycles. The molecule has 1 aromatic heterocycles. The van der Waals surface area contributed by atoms with Gasteiger partial charge in [0, 0.05) is 18.1 Å². The lowest BCUT2D eigenvalue weighted by atomic mass is 9.96. The Bertz CT molecular complexity index is 644. The van der Waals surface area contributed by atoms with Gasteiger partial charge in [-0.1, -0.05) is 44.9 Å². The number of aliphatic hydroxyl groups excluding tert-OH is 1. The van der Waals surface area contributed by atoms with Crippen molar-refractivity contribution >= 4 is 16.6 Å². The van der Waals surface area contributed by atoms with Gasteiger partial charge >= 0.3 is 0 Å². The molecule has 1 unspecified atom stereocenters. The fourth-order valence-corrected chi connectivity index (χ4v) is 2.62. The van der Waals surface area contributed by atoms with Crippen molar-refractivity contribution in [2.75, 3.05) is 11.9 Å². The number of aromatic nitrogens is 1. The quantitative estimate of drug-likeness (QED) is 0.853. The zero-order valence-corrected chi connectivity index (χ0v) is 12.5. The van der Waals surface area contributed by atoms with Crippen LogP contribution in [0.4, 0.5) is 5.69 Å². The average molecular weight is 283 g/mol. The number of rotatable bonds is 6. The molecule has 0 aliphatic carbocycles. The first-order valence-electron chi connectivity index (χ1n) is 7.41. The van der Waals surface area contributed by atoms with Crippen LogP contribution in [-0.2, 0) is 0 Å². The zero-order valence-electron chi connectivity index (χ0n) is 12.5. The number of aliphatic hydroxyl groups is 1. The summed E-state index contributed by atoms with van der Waals surface area (Å²) in [5, 5.41) is 23.7. The van der Waals surface area contributed by atoms with Crippen LogP contribution in [0.2, 0.25) is 0 Å². The van der Waals surface area contributed by atoms with Crippen LogP contribution < -0.4 is 5.32 Å². The van der Waals surface area contributed by atoms with Crippen LogP contribution in [0.3, 0.4) is 0 Å².